The van der Waals surface area contributed by atoms with Crippen LogP contribution in [0.15, 0.2) is 36.4 Å². The Labute approximate surface area is 222 Å². The number of rotatable bonds is 12. The molecule has 0 aliphatic heterocycles. The number of carbonyl (C=O) groups excluding carboxylic acids is 1. The maximum atomic E-state index is 12.6. The van der Waals surface area contributed by atoms with E-state index in [1.165, 1.54) is 29.5 Å². The molecule has 0 fully saturated rings. The number of hydrogen-bond donors (Lipinski definition) is 0. The van der Waals surface area contributed by atoms with Crippen molar-refractivity contribution in [3.63, 3.8) is 0 Å². The van der Waals surface area contributed by atoms with E-state index in [0.717, 1.165) is 35.9 Å². The van der Waals surface area contributed by atoms with Crippen LogP contribution in [-0.2, 0) is 20.7 Å². The first-order valence-electron chi connectivity index (χ1n) is 13.5. The number of benzene rings is 2. The lowest BCUT2D eigenvalue weighted by atomic mass is 9.76. The summed E-state index contributed by atoms with van der Waals surface area (Å²) in [6, 6.07) is 12.9. The van der Waals surface area contributed by atoms with Gasteiger partial charge in [-0.25, -0.2) is 0 Å². The molecule has 0 heterocycles. The molecule has 0 bridgehead atoms. The Kier molecular flexibility index (Phi) is 10.8. The van der Waals surface area contributed by atoms with E-state index in [4.69, 9.17) is 9.47 Å². The van der Waals surface area contributed by atoms with Crippen molar-refractivity contribution in [1.29, 1.82) is 0 Å². The molecule has 0 aromatic heterocycles. The van der Waals surface area contributed by atoms with Crippen molar-refractivity contribution in [2.75, 3.05) is 13.9 Å². The highest BCUT2D eigenvalue weighted by atomic mass is 31.1. The summed E-state index contributed by atoms with van der Waals surface area (Å²) >= 11 is 0. The van der Waals surface area contributed by atoms with Crippen molar-refractivity contribution in [3.05, 3.63) is 58.7 Å². The molecule has 2 aromatic carbocycles. The normalized spacial score (nSPS) is 14.3. The van der Waals surface area contributed by atoms with Crippen LogP contribution in [0.4, 0.5) is 0 Å². The van der Waals surface area contributed by atoms with Crippen LogP contribution in [-0.4, -0.2) is 19.7 Å². The van der Waals surface area contributed by atoms with Crippen LogP contribution in [0.2, 0.25) is 0 Å². The van der Waals surface area contributed by atoms with Crippen LogP contribution in [0.25, 0.3) is 0 Å². The van der Waals surface area contributed by atoms with Gasteiger partial charge >= 0.3 is 0 Å². The average Bonchev–Trinajstić information content (AvgIpc) is 2.80. The average molecular weight is 513 g/mol. The summed E-state index contributed by atoms with van der Waals surface area (Å²) in [6.45, 7) is 20.1. The van der Waals surface area contributed by atoms with Gasteiger partial charge in [0.2, 0.25) is 0 Å². The van der Waals surface area contributed by atoms with Crippen LogP contribution >= 0.6 is 8.58 Å². The molecule has 2 aromatic rings. The molecule has 0 amide bonds. The Morgan fingerprint density at radius 1 is 0.917 bits per heavy atom. The van der Waals surface area contributed by atoms with Crippen LogP contribution in [0.1, 0.15) is 121 Å². The van der Waals surface area contributed by atoms with Gasteiger partial charge in [0, 0.05) is 29.0 Å². The molecule has 0 aliphatic rings. The fourth-order valence-corrected chi connectivity index (χ4v) is 6.69. The monoisotopic (exact) mass is 512 g/mol. The van der Waals surface area contributed by atoms with Gasteiger partial charge in [-0.15, -0.1) is 0 Å². The first kappa shape index (κ1) is 30.5. The van der Waals surface area contributed by atoms with Crippen LogP contribution < -0.4 is 10.0 Å². The van der Waals surface area contributed by atoms with E-state index in [1.54, 1.807) is 14.0 Å². The Hall–Kier alpha value is -1.70. The van der Waals surface area contributed by atoms with Gasteiger partial charge in [-0.3, -0.25) is 4.79 Å². The van der Waals surface area contributed by atoms with E-state index in [1.807, 2.05) is 12.1 Å². The maximum Gasteiger partial charge on any atom is 0.188 e. The zero-order valence-corrected chi connectivity index (χ0v) is 25.4. The second-order valence-corrected chi connectivity index (χ2v) is 13.8. The zero-order chi connectivity index (χ0) is 27.1. The second-order valence-electron chi connectivity index (χ2n) is 12.1. The van der Waals surface area contributed by atoms with Crippen molar-refractivity contribution in [3.8, 4) is 5.75 Å². The molecule has 36 heavy (non-hydrogen) atoms. The van der Waals surface area contributed by atoms with Gasteiger partial charge in [0.1, 0.15) is 5.75 Å². The minimum absolute atomic E-state index is 0.00214. The van der Waals surface area contributed by atoms with Gasteiger partial charge in [0.05, 0.1) is 0 Å². The first-order valence-corrected chi connectivity index (χ1v) is 14.5. The molecule has 2 unspecified atom stereocenters. The zero-order valence-electron chi connectivity index (χ0n) is 24.4. The number of carbonyl (C=O) groups is 1. The fraction of sp³-hybridized carbons (Fsp3) is 0.594. The van der Waals surface area contributed by atoms with Crippen molar-refractivity contribution in [1.82, 2.24) is 0 Å². The Morgan fingerprint density at radius 3 is 2.08 bits per heavy atom. The molecule has 4 heteroatoms. The van der Waals surface area contributed by atoms with Gasteiger partial charge in [-0.05, 0) is 41.5 Å². The lowest BCUT2D eigenvalue weighted by Crippen LogP contribution is -2.28. The maximum absolute atomic E-state index is 12.6. The third-order valence-electron chi connectivity index (χ3n) is 7.09. The minimum atomic E-state index is -0.134. The molecule has 2 atom stereocenters. The summed E-state index contributed by atoms with van der Waals surface area (Å²) in [4.78, 5) is 12.6. The molecule has 0 aliphatic carbocycles. The van der Waals surface area contributed by atoms with Gasteiger partial charge in [0.15, 0.2) is 12.6 Å². The molecule has 2 rings (SSSR count). The van der Waals surface area contributed by atoms with Gasteiger partial charge in [0.25, 0.3) is 0 Å². The molecule has 0 saturated heterocycles. The number of methoxy groups -OCH3 is 1. The van der Waals surface area contributed by atoms with E-state index >= 15 is 0 Å². The van der Waals surface area contributed by atoms with Crippen molar-refractivity contribution in [2.45, 2.75) is 110 Å². The number of unbranched alkanes of at least 4 members (excludes halogenated alkanes) is 2. The summed E-state index contributed by atoms with van der Waals surface area (Å²) in [5.41, 5.74) is 4.56. The van der Waals surface area contributed by atoms with Crippen LogP contribution in [0.5, 0.6) is 5.75 Å². The van der Waals surface area contributed by atoms with Gasteiger partial charge in [-0.2, -0.15) is 0 Å². The molecule has 0 N–H and O–H groups in total. The smallest absolute Gasteiger partial charge is 0.188 e. The molecule has 0 spiro atoms. The molecule has 3 nitrogen and oxygen atoms in total. The van der Waals surface area contributed by atoms with Crippen molar-refractivity contribution in [2.24, 2.45) is 0 Å². The van der Waals surface area contributed by atoms with E-state index in [2.05, 4.69) is 79.7 Å². The highest BCUT2D eigenvalue weighted by Crippen LogP contribution is 2.54. The van der Waals surface area contributed by atoms with Crippen LogP contribution in [0.3, 0.4) is 0 Å². The molecule has 200 valence electrons. The highest BCUT2D eigenvalue weighted by Gasteiger charge is 2.38. The standard InChI is InChI=1S/C32H49O3P/c1-11-13-16-19-32(12-2,36-28-18-15-14-17-25(28)23(3)33)27-21-24(30(4,5)6)20-26(31(7,8)9)29(27)35-22-34-10/h14-15,17-18,20-21,36H,11-13,16,19,22H2,1-10H3. The SMILES string of the molecule is CCCCCC(CC)(Pc1ccccc1C(C)=O)c1cc(C(C)(C)C)cc(C(C)(C)C)c1OCOC. The topological polar surface area (TPSA) is 35.5 Å². The number of hydrogen-bond acceptors (Lipinski definition) is 3. The summed E-state index contributed by atoms with van der Waals surface area (Å²) in [5, 5.41) is 1.02. The van der Waals surface area contributed by atoms with E-state index in [0.29, 0.717) is 8.58 Å². The molecular formula is C32H49O3P. The third-order valence-corrected chi connectivity index (χ3v) is 9.15. The quantitative estimate of drug-likeness (QED) is 0.124. The highest BCUT2D eigenvalue weighted by molar-refractivity contribution is 7.48. The largest absolute Gasteiger partial charge is 0.467 e. The predicted molar refractivity (Wildman–Crippen MR) is 157 cm³/mol. The van der Waals surface area contributed by atoms with Gasteiger partial charge in [-0.1, -0.05) is 120 Å². The van der Waals surface area contributed by atoms with Gasteiger partial charge < -0.3 is 9.47 Å². The fourth-order valence-electron chi connectivity index (χ4n) is 4.80. The number of ether oxygens (including phenoxy) is 2. The van der Waals surface area contributed by atoms with Crippen molar-refractivity contribution >= 4 is 19.7 Å². The molecule has 0 radical (unpaired) electrons. The molecule has 0 saturated carbocycles. The Bertz CT molecular complexity index is 1010. The van der Waals surface area contributed by atoms with Crippen molar-refractivity contribution < 1.29 is 14.3 Å². The van der Waals surface area contributed by atoms with E-state index in [-0.39, 0.29) is 28.6 Å². The number of ketones is 1. The second kappa shape index (κ2) is 12.7. The molecular weight excluding hydrogens is 463 g/mol. The summed E-state index contributed by atoms with van der Waals surface area (Å²) in [7, 11) is 2.15. The summed E-state index contributed by atoms with van der Waals surface area (Å²) in [6.07, 6.45) is 5.55. The lowest BCUT2D eigenvalue weighted by molar-refractivity contribution is 0.0485. The van der Waals surface area contributed by atoms with E-state index in [9.17, 15) is 4.79 Å². The Balaban J connectivity index is 2.93. The minimum Gasteiger partial charge on any atom is -0.467 e. The summed E-state index contributed by atoms with van der Waals surface area (Å²) < 4.78 is 11.9. The Morgan fingerprint density at radius 2 is 1.56 bits per heavy atom. The summed E-state index contributed by atoms with van der Waals surface area (Å²) in [5.74, 6) is 1.09. The number of Topliss-reactive ketones (excluding diaryl/α,β-unsaturated/α-hetero) is 1. The first-order chi connectivity index (χ1) is 16.8. The lowest BCUT2D eigenvalue weighted by Gasteiger charge is -2.39. The van der Waals surface area contributed by atoms with E-state index < -0.39 is 0 Å². The third kappa shape index (κ3) is 7.42. The predicted octanol–water partition coefficient (Wildman–Crippen LogP) is 8.66. The van der Waals surface area contributed by atoms with Crippen LogP contribution in [0, 0.1) is 0 Å².